The first-order valence-electron chi connectivity index (χ1n) is 10.7. The molecule has 1 fully saturated rings. The van der Waals surface area contributed by atoms with Gasteiger partial charge in [0.1, 0.15) is 6.33 Å². The lowest BCUT2D eigenvalue weighted by Gasteiger charge is -2.32. The number of halogens is 3. The number of hydrogen-bond acceptors (Lipinski definition) is 7. The second-order valence-corrected chi connectivity index (χ2v) is 12.5. The maximum Gasteiger partial charge on any atom is 0.280 e. The van der Waals surface area contributed by atoms with Gasteiger partial charge in [-0.05, 0) is 52.8 Å². The van der Waals surface area contributed by atoms with Crippen molar-refractivity contribution in [2.24, 2.45) is 0 Å². The lowest BCUT2D eigenvalue weighted by atomic mass is 10.1. The molecule has 1 N–H and O–H groups in total. The Morgan fingerprint density at radius 1 is 1.15 bits per heavy atom. The number of benzene rings is 2. The van der Waals surface area contributed by atoms with Crippen LogP contribution in [0.4, 0.5) is 5.69 Å². The summed E-state index contributed by atoms with van der Waals surface area (Å²) >= 11 is 13.4. The van der Waals surface area contributed by atoms with Gasteiger partial charge in [-0.3, -0.25) is 15.1 Å². The molecule has 0 radical (unpaired) electrons. The molecule has 3 aromatic rings. The maximum absolute atomic E-state index is 13.3. The molecule has 0 atom stereocenters. The molecule has 12 heteroatoms. The number of sulfone groups is 1. The minimum absolute atomic E-state index is 0.0660. The molecule has 2 aromatic carbocycles. The van der Waals surface area contributed by atoms with Crippen LogP contribution in [-0.4, -0.2) is 66.9 Å². The molecule has 182 valence electrons. The Morgan fingerprint density at radius 3 is 2.53 bits per heavy atom. The van der Waals surface area contributed by atoms with Crippen molar-refractivity contribution in [1.82, 2.24) is 19.5 Å². The predicted molar refractivity (Wildman–Crippen MR) is 142 cm³/mol. The number of aromatic nitrogens is 2. The number of anilines is 1. The van der Waals surface area contributed by atoms with E-state index in [2.05, 4.69) is 59.1 Å². The second-order valence-electron chi connectivity index (χ2n) is 8.20. The Labute approximate surface area is 220 Å². The van der Waals surface area contributed by atoms with Crippen molar-refractivity contribution in [2.75, 3.05) is 44.4 Å². The van der Waals surface area contributed by atoms with Crippen molar-refractivity contribution in [3.05, 3.63) is 60.5 Å². The maximum atomic E-state index is 13.3. The van der Waals surface area contributed by atoms with E-state index in [1.165, 1.54) is 29.2 Å². The Bertz CT molecular complexity index is 1410. The van der Waals surface area contributed by atoms with Crippen LogP contribution in [0.2, 0.25) is 5.02 Å². The first-order valence-corrected chi connectivity index (χ1v) is 14.3. The molecule has 1 aromatic heterocycles. The van der Waals surface area contributed by atoms with Crippen molar-refractivity contribution in [3.8, 4) is 0 Å². The summed E-state index contributed by atoms with van der Waals surface area (Å²) in [5.74, 6) is -0.0792. The summed E-state index contributed by atoms with van der Waals surface area (Å²) in [6, 6.07) is 6.18. The molecule has 8 nitrogen and oxygen atoms in total. The summed E-state index contributed by atoms with van der Waals surface area (Å²) in [6.07, 6.45) is 1.35. The van der Waals surface area contributed by atoms with Crippen LogP contribution in [0.1, 0.15) is 12.5 Å². The van der Waals surface area contributed by atoms with Crippen LogP contribution in [0, 0.1) is 0 Å². The number of likely N-dealkylation sites (N-methyl/N-ethyl adjacent to an activating group) is 1. The van der Waals surface area contributed by atoms with Crippen LogP contribution < -0.4 is 11.0 Å². The van der Waals surface area contributed by atoms with Gasteiger partial charge in [0.05, 0.1) is 27.2 Å². The van der Waals surface area contributed by atoms with Gasteiger partial charge in [0.15, 0.2) is 9.84 Å². The monoisotopic (exact) mass is 631 g/mol. The van der Waals surface area contributed by atoms with Crippen LogP contribution in [-0.2, 0) is 16.4 Å². The molecule has 0 bridgehead atoms. The third kappa shape index (κ3) is 5.19. The van der Waals surface area contributed by atoms with E-state index in [9.17, 15) is 13.2 Å². The summed E-state index contributed by atoms with van der Waals surface area (Å²) in [7, 11) is -1.42. The van der Waals surface area contributed by atoms with Gasteiger partial charge in [0, 0.05) is 46.7 Å². The Balaban J connectivity index is 1.72. The first-order chi connectivity index (χ1) is 16.1. The summed E-state index contributed by atoms with van der Waals surface area (Å²) < 4.78 is 27.8. The highest BCUT2D eigenvalue weighted by molar-refractivity contribution is 9.11. The fraction of sp³-hybridized carbons (Fsp3) is 0.364. The number of nitrogens with one attached hydrogen (secondary N) is 1. The topological polar surface area (TPSA) is 87.5 Å². The van der Waals surface area contributed by atoms with Crippen molar-refractivity contribution < 1.29 is 8.42 Å². The Hall–Kier alpha value is -1.50. The molecule has 34 heavy (non-hydrogen) atoms. The van der Waals surface area contributed by atoms with E-state index in [4.69, 9.17) is 11.6 Å². The number of fused-ring (bicyclic) bond motifs is 1. The van der Waals surface area contributed by atoms with Gasteiger partial charge in [-0.2, -0.15) is 0 Å². The largest absolute Gasteiger partial charge is 0.304 e. The first kappa shape index (κ1) is 25.6. The molecular formula is C22H24Br2ClN5O3S. The quantitative estimate of drug-likeness (QED) is 0.440. The SMILES string of the molecule is CCS(=O)(=O)c1ccc(Cl)cc1Nn1cnc2c(Br)c(CN3CCN(C)CC3)c(Br)cc2c1=O. The van der Waals surface area contributed by atoms with Crippen LogP contribution in [0.15, 0.2) is 49.2 Å². The highest BCUT2D eigenvalue weighted by Crippen LogP contribution is 2.33. The normalized spacial score (nSPS) is 15.7. The van der Waals surface area contributed by atoms with E-state index < -0.39 is 9.84 Å². The number of nitrogens with zero attached hydrogens (tertiary/aromatic N) is 4. The zero-order chi connectivity index (χ0) is 24.6. The van der Waals surface area contributed by atoms with Gasteiger partial charge >= 0.3 is 0 Å². The molecule has 0 saturated carbocycles. The molecule has 0 amide bonds. The minimum atomic E-state index is -3.54. The minimum Gasteiger partial charge on any atom is -0.304 e. The lowest BCUT2D eigenvalue weighted by molar-refractivity contribution is 0.148. The van der Waals surface area contributed by atoms with E-state index in [-0.39, 0.29) is 21.9 Å². The Morgan fingerprint density at radius 2 is 1.85 bits per heavy atom. The van der Waals surface area contributed by atoms with E-state index in [1.807, 2.05) is 0 Å². The van der Waals surface area contributed by atoms with E-state index in [0.717, 1.165) is 47.2 Å². The summed E-state index contributed by atoms with van der Waals surface area (Å²) in [4.78, 5) is 22.5. The Kier molecular flexibility index (Phi) is 7.70. The molecule has 0 spiro atoms. The highest BCUT2D eigenvalue weighted by Gasteiger charge is 2.21. The van der Waals surface area contributed by atoms with Crippen molar-refractivity contribution in [1.29, 1.82) is 0 Å². The van der Waals surface area contributed by atoms with Gasteiger partial charge in [-0.15, -0.1) is 0 Å². The third-order valence-corrected chi connectivity index (χ3v) is 9.50. The zero-order valence-electron chi connectivity index (χ0n) is 18.7. The van der Waals surface area contributed by atoms with Crippen LogP contribution in [0.25, 0.3) is 10.9 Å². The van der Waals surface area contributed by atoms with Crippen molar-refractivity contribution in [3.63, 3.8) is 0 Å². The fourth-order valence-corrected chi connectivity index (χ4v) is 6.51. The molecule has 1 aliphatic rings. The summed E-state index contributed by atoms with van der Waals surface area (Å²) in [5, 5.41) is 0.733. The van der Waals surface area contributed by atoms with Crippen molar-refractivity contribution >= 4 is 69.9 Å². The second kappa shape index (κ2) is 10.2. The van der Waals surface area contributed by atoms with E-state index in [0.29, 0.717) is 15.9 Å². The molecule has 0 aliphatic carbocycles. The average molecular weight is 634 g/mol. The van der Waals surface area contributed by atoms with Gasteiger partial charge in [0.2, 0.25) is 0 Å². The highest BCUT2D eigenvalue weighted by atomic mass is 79.9. The molecule has 4 rings (SSSR count). The molecule has 1 saturated heterocycles. The molecular weight excluding hydrogens is 610 g/mol. The zero-order valence-corrected chi connectivity index (χ0v) is 23.4. The van der Waals surface area contributed by atoms with Gasteiger partial charge < -0.3 is 4.90 Å². The average Bonchev–Trinajstić information content (AvgIpc) is 2.80. The van der Waals surface area contributed by atoms with Gasteiger partial charge in [-0.1, -0.05) is 34.5 Å². The number of piperazine rings is 1. The fourth-order valence-electron chi connectivity index (χ4n) is 3.84. The lowest BCUT2D eigenvalue weighted by Crippen LogP contribution is -2.44. The van der Waals surface area contributed by atoms with Crippen molar-refractivity contribution in [2.45, 2.75) is 18.4 Å². The molecule has 1 aliphatic heterocycles. The smallest absolute Gasteiger partial charge is 0.280 e. The van der Waals surface area contributed by atoms with Gasteiger partial charge in [0.25, 0.3) is 5.56 Å². The van der Waals surface area contributed by atoms with Gasteiger partial charge in [-0.25, -0.2) is 18.1 Å². The van der Waals surface area contributed by atoms with Crippen LogP contribution in [0.3, 0.4) is 0 Å². The molecule has 2 heterocycles. The number of rotatable bonds is 6. The van der Waals surface area contributed by atoms with Crippen LogP contribution >= 0.6 is 43.5 Å². The third-order valence-electron chi connectivity index (χ3n) is 5.91. The van der Waals surface area contributed by atoms with Crippen LogP contribution in [0.5, 0.6) is 0 Å². The molecule has 0 unspecified atom stereocenters. The van der Waals surface area contributed by atoms with E-state index in [1.54, 1.807) is 13.0 Å². The predicted octanol–water partition coefficient (Wildman–Crippen LogP) is 3.99. The standard InChI is InChI=1S/C22H24Br2ClN5O3S/c1-3-34(32,33)19-5-4-14(25)10-18(19)27-30-13-26-21-15(22(30)31)11-17(23)16(20(21)24)12-29-8-6-28(2)7-9-29/h4-5,10-11,13,27H,3,6-9,12H2,1-2H3. The summed E-state index contributed by atoms with van der Waals surface area (Å²) in [6.45, 7) is 6.25. The number of hydrogen-bond donors (Lipinski definition) is 1. The summed E-state index contributed by atoms with van der Waals surface area (Å²) in [5.41, 5.74) is 4.29. The van der Waals surface area contributed by atoms with E-state index >= 15 is 0 Å².